The minimum atomic E-state index is -0.0116. The second-order valence-corrected chi connectivity index (χ2v) is 12.7. The normalized spacial score (nSPS) is 19.0. The lowest BCUT2D eigenvalue weighted by molar-refractivity contribution is 0.266. The standard InChI is InChI=1S/C38H33BN2OS/c1-25-20-33-37-35(21-25)41(29-16-10-5-11-17-29)34-23-36-30(31(24-43-36)27-13-7-4-8-14-27)22-32(34)39(37)38-28(18-19-42-38)15-9-3-6-12-26(2)40-33/h3-14,16-17,20-24,26,40H,15,18-19H2,1-2H3/b9-3-,12-6-. The number of hydrogen-bond acceptors (Lipinski definition) is 4. The first-order valence-corrected chi connectivity index (χ1v) is 16.1. The number of nitrogens with zero attached hydrogens (tertiary/aromatic N) is 1. The summed E-state index contributed by atoms with van der Waals surface area (Å²) in [6.45, 7) is 5.15. The first-order valence-electron chi connectivity index (χ1n) is 15.2. The SMILES string of the molecule is Cc1cc2c3c(c1)N(c1ccccc1)c1cc4scc(-c5ccccc5)c4cc1B3C1=C(C/C=C\C=C/C(C)N2)CCO1. The molecule has 0 aliphatic carbocycles. The van der Waals surface area contributed by atoms with Crippen molar-refractivity contribution in [3.8, 4) is 11.1 Å². The van der Waals surface area contributed by atoms with E-state index in [1.165, 1.54) is 60.3 Å². The molecule has 5 heteroatoms. The number of nitrogens with one attached hydrogen (secondary N) is 1. The van der Waals surface area contributed by atoms with Crippen LogP contribution < -0.4 is 21.1 Å². The molecule has 0 radical (unpaired) electrons. The fourth-order valence-corrected chi connectivity index (χ4v) is 7.94. The van der Waals surface area contributed by atoms with Crippen LogP contribution in [-0.2, 0) is 4.74 Å². The Kier molecular flexibility index (Phi) is 6.49. The van der Waals surface area contributed by atoms with Gasteiger partial charge in [-0.05, 0) is 89.0 Å². The minimum Gasteiger partial charge on any atom is -0.507 e. The second-order valence-electron chi connectivity index (χ2n) is 11.8. The van der Waals surface area contributed by atoms with Gasteiger partial charge in [0.2, 0.25) is 0 Å². The highest BCUT2D eigenvalue weighted by Crippen LogP contribution is 2.44. The van der Waals surface area contributed by atoms with Gasteiger partial charge in [0.05, 0.1) is 12.3 Å². The van der Waals surface area contributed by atoms with E-state index >= 15 is 0 Å². The number of anilines is 4. The summed E-state index contributed by atoms with van der Waals surface area (Å²) in [5.74, 6) is 0. The largest absolute Gasteiger partial charge is 0.507 e. The van der Waals surface area contributed by atoms with E-state index in [0.29, 0.717) is 0 Å². The zero-order chi connectivity index (χ0) is 28.9. The van der Waals surface area contributed by atoms with Gasteiger partial charge in [0, 0.05) is 45.5 Å². The van der Waals surface area contributed by atoms with Gasteiger partial charge in [-0.25, -0.2) is 0 Å². The zero-order valence-corrected chi connectivity index (χ0v) is 25.3. The summed E-state index contributed by atoms with van der Waals surface area (Å²) < 4.78 is 7.95. The molecule has 8 rings (SSSR count). The van der Waals surface area contributed by atoms with Gasteiger partial charge in [-0.2, -0.15) is 0 Å². The van der Waals surface area contributed by atoms with E-state index in [-0.39, 0.29) is 12.8 Å². The Labute approximate surface area is 257 Å². The highest BCUT2D eigenvalue weighted by atomic mass is 32.1. The van der Waals surface area contributed by atoms with E-state index in [4.69, 9.17) is 4.74 Å². The van der Waals surface area contributed by atoms with Crippen molar-refractivity contribution in [1.29, 1.82) is 0 Å². The van der Waals surface area contributed by atoms with Crippen molar-refractivity contribution < 1.29 is 4.74 Å². The minimum absolute atomic E-state index is 0.0116. The molecule has 1 N–H and O–H groups in total. The van der Waals surface area contributed by atoms with Gasteiger partial charge in [-0.3, -0.25) is 0 Å². The summed E-state index contributed by atoms with van der Waals surface area (Å²) in [5, 5.41) is 7.51. The number of benzene rings is 4. The smallest absolute Gasteiger partial charge is 0.293 e. The van der Waals surface area contributed by atoms with Crippen molar-refractivity contribution in [2.75, 3.05) is 16.8 Å². The third-order valence-electron chi connectivity index (χ3n) is 8.87. The fourth-order valence-electron chi connectivity index (χ4n) is 6.96. The molecule has 5 aromatic rings. The summed E-state index contributed by atoms with van der Waals surface area (Å²) in [6.07, 6.45) is 10.7. The van der Waals surface area contributed by atoms with Crippen LogP contribution in [0.3, 0.4) is 0 Å². The number of fused-ring (bicyclic) bond motifs is 4. The molecular formula is C38H33BN2OS. The number of hydrogen-bond donors (Lipinski definition) is 1. The van der Waals surface area contributed by atoms with E-state index in [1.54, 1.807) is 0 Å². The molecule has 0 fully saturated rings. The van der Waals surface area contributed by atoms with Crippen molar-refractivity contribution in [1.82, 2.24) is 0 Å². The zero-order valence-electron chi connectivity index (χ0n) is 24.5. The van der Waals surface area contributed by atoms with E-state index < -0.39 is 0 Å². The quantitative estimate of drug-likeness (QED) is 0.213. The second kappa shape index (κ2) is 10.7. The predicted molar refractivity (Wildman–Crippen MR) is 185 cm³/mol. The van der Waals surface area contributed by atoms with Crippen LogP contribution in [0.25, 0.3) is 21.2 Å². The summed E-state index contributed by atoms with van der Waals surface area (Å²) in [6, 6.07) is 31.3. The molecule has 1 atom stereocenters. The third-order valence-corrected chi connectivity index (χ3v) is 9.82. The van der Waals surface area contributed by atoms with Crippen molar-refractivity contribution >= 4 is 61.8 Å². The molecule has 0 amide bonds. The molecule has 0 saturated carbocycles. The average molecular weight is 577 g/mol. The topological polar surface area (TPSA) is 24.5 Å². The van der Waals surface area contributed by atoms with Gasteiger partial charge >= 0.3 is 0 Å². The number of aryl methyl sites for hydroxylation is 1. The summed E-state index contributed by atoms with van der Waals surface area (Å²) in [7, 11) is 0. The van der Waals surface area contributed by atoms with E-state index in [0.717, 1.165) is 30.8 Å². The maximum Gasteiger partial charge on any atom is 0.293 e. The van der Waals surface area contributed by atoms with Gasteiger partial charge < -0.3 is 15.0 Å². The monoisotopic (exact) mass is 576 g/mol. The molecule has 3 nitrogen and oxygen atoms in total. The van der Waals surface area contributed by atoms with Crippen molar-refractivity contribution in [3.63, 3.8) is 0 Å². The molecule has 0 spiro atoms. The van der Waals surface area contributed by atoms with Gasteiger partial charge in [-0.1, -0.05) is 78.9 Å². The summed E-state index contributed by atoms with van der Waals surface area (Å²) >= 11 is 1.83. The summed E-state index contributed by atoms with van der Waals surface area (Å²) in [5.41, 5.74) is 13.7. The number of rotatable bonds is 2. The van der Waals surface area contributed by atoms with Crippen molar-refractivity contribution in [3.05, 3.63) is 131 Å². The molecule has 4 heterocycles. The Morgan fingerprint density at radius 2 is 1.74 bits per heavy atom. The van der Waals surface area contributed by atoms with Crippen LogP contribution >= 0.6 is 11.3 Å². The van der Waals surface area contributed by atoms with Gasteiger partial charge in [-0.15, -0.1) is 11.3 Å². The van der Waals surface area contributed by atoms with Gasteiger partial charge in [0.1, 0.15) is 0 Å². The molecule has 0 bridgehead atoms. The molecule has 1 unspecified atom stereocenters. The highest BCUT2D eigenvalue weighted by molar-refractivity contribution is 7.18. The van der Waals surface area contributed by atoms with Gasteiger partial charge in [0.25, 0.3) is 6.71 Å². The molecular weight excluding hydrogens is 543 g/mol. The first-order chi connectivity index (χ1) is 21.2. The first kappa shape index (κ1) is 26.2. The van der Waals surface area contributed by atoms with E-state index in [9.17, 15) is 0 Å². The van der Waals surface area contributed by atoms with Crippen molar-refractivity contribution in [2.45, 2.75) is 32.7 Å². The number of ether oxygens (including phenoxy) is 1. The Morgan fingerprint density at radius 3 is 2.58 bits per heavy atom. The fraction of sp³-hybridized carbons (Fsp3) is 0.158. The third kappa shape index (κ3) is 4.51. The molecule has 210 valence electrons. The van der Waals surface area contributed by atoms with Crippen LogP contribution in [0, 0.1) is 6.92 Å². The molecule has 3 aliphatic heterocycles. The van der Waals surface area contributed by atoms with Crippen LogP contribution in [-0.4, -0.2) is 19.4 Å². The van der Waals surface area contributed by atoms with E-state index in [1.807, 2.05) is 11.3 Å². The van der Waals surface area contributed by atoms with Crippen LogP contribution in [0.4, 0.5) is 22.7 Å². The maximum absolute atomic E-state index is 6.66. The Hall–Kier alpha value is -4.48. The van der Waals surface area contributed by atoms with Crippen LogP contribution in [0.15, 0.2) is 126 Å². The lowest BCUT2D eigenvalue weighted by Gasteiger charge is -2.39. The molecule has 3 aliphatic rings. The Bertz CT molecular complexity index is 1940. The van der Waals surface area contributed by atoms with Crippen LogP contribution in [0.1, 0.15) is 25.3 Å². The van der Waals surface area contributed by atoms with Gasteiger partial charge in [0.15, 0.2) is 0 Å². The molecule has 43 heavy (non-hydrogen) atoms. The lowest BCUT2D eigenvalue weighted by Crippen LogP contribution is -2.53. The number of para-hydroxylation sites is 1. The highest BCUT2D eigenvalue weighted by Gasteiger charge is 2.42. The average Bonchev–Trinajstić information content (AvgIpc) is 3.66. The predicted octanol–water partition coefficient (Wildman–Crippen LogP) is 8.80. The molecule has 0 saturated heterocycles. The number of allylic oxidation sites excluding steroid dienone is 3. The van der Waals surface area contributed by atoms with Crippen molar-refractivity contribution in [2.24, 2.45) is 0 Å². The maximum atomic E-state index is 6.66. The van der Waals surface area contributed by atoms with E-state index in [2.05, 4.69) is 139 Å². The number of thiophene rings is 1. The Balaban J connectivity index is 1.47. The lowest BCUT2D eigenvalue weighted by atomic mass is 9.36. The molecule has 1 aromatic heterocycles. The Morgan fingerprint density at radius 1 is 0.930 bits per heavy atom. The molecule has 4 aromatic carbocycles. The summed E-state index contributed by atoms with van der Waals surface area (Å²) in [4.78, 5) is 2.47. The van der Waals surface area contributed by atoms with Crippen LogP contribution in [0.2, 0.25) is 0 Å². The van der Waals surface area contributed by atoms with Crippen LogP contribution in [0.5, 0.6) is 0 Å².